The number of epoxide rings is 1. The molecule has 2 saturated heterocycles. The number of phenolic OH excluding ortho intramolecular Hbond substituents is 1. The van der Waals surface area contributed by atoms with Crippen LogP contribution in [0, 0.1) is 12.8 Å². The summed E-state index contributed by atoms with van der Waals surface area (Å²) in [6.45, 7) is 5.85. The summed E-state index contributed by atoms with van der Waals surface area (Å²) in [5.41, 5.74) is 3.10. The van der Waals surface area contributed by atoms with Crippen LogP contribution in [0.15, 0.2) is 47.0 Å². The van der Waals surface area contributed by atoms with Gasteiger partial charge < -0.3 is 28.6 Å². The van der Waals surface area contributed by atoms with Gasteiger partial charge in [0.05, 0.1) is 29.9 Å². The van der Waals surface area contributed by atoms with Gasteiger partial charge in [-0.3, -0.25) is 9.59 Å². The van der Waals surface area contributed by atoms with Gasteiger partial charge in [0.25, 0.3) is 5.79 Å². The molecule has 3 aliphatic heterocycles. The molecule has 42 heavy (non-hydrogen) atoms. The van der Waals surface area contributed by atoms with E-state index in [1.807, 2.05) is 31.2 Å². The van der Waals surface area contributed by atoms with Crippen molar-refractivity contribution in [3.63, 3.8) is 0 Å². The van der Waals surface area contributed by atoms with E-state index in [9.17, 15) is 14.7 Å². The van der Waals surface area contributed by atoms with Gasteiger partial charge in [0.1, 0.15) is 40.1 Å². The molecule has 0 unspecified atom stereocenters. The molecule has 2 fully saturated rings. The Labute approximate surface area is 238 Å². The number of hydrogen-bond acceptors (Lipinski definition) is 9. The average Bonchev–Trinajstić information content (AvgIpc) is 3.23. The van der Waals surface area contributed by atoms with E-state index in [1.165, 1.54) is 6.07 Å². The Morgan fingerprint density at radius 2 is 1.81 bits per heavy atom. The van der Waals surface area contributed by atoms with Crippen molar-refractivity contribution in [1.82, 2.24) is 5.16 Å². The van der Waals surface area contributed by atoms with Gasteiger partial charge in [-0.25, -0.2) is 0 Å². The van der Waals surface area contributed by atoms with Gasteiger partial charge in [-0.05, 0) is 50.6 Å². The molecule has 0 amide bonds. The van der Waals surface area contributed by atoms with E-state index in [2.05, 4.69) is 12.1 Å². The number of aromatic hydroxyl groups is 1. The molecule has 6 aliphatic rings. The summed E-state index contributed by atoms with van der Waals surface area (Å²) < 4.78 is 32.3. The van der Waals surface area contributed by atoms with Crippen LogP contribution < -0.4 is 9.47 Å². The number of benzene rings is 3. The smallest absolute Gasteiger partial charge is 0.253 e. The number of fused-ring (bicyclic) bond motifs is 9. The fourth-order valence-corrected chi connectivity index (χ4v) is 9.15. The minimum absolute atomic E-state index is 0.0194. The van der Waals surface area contributed by atoms with Gasteiger partial charge in [0, 0.05) is 33.7 Å². The number of nitrogens with zero attached hydrogens (tertiary/aromatic N) is 1. The number of methoxy groups -OCH3 is 1. The number of rotatable bonds is 1. The first kappa shape index (κ1) is 23.1. The summed E-state index contributed by atoms with van der Waals surface area (Å²) in [5, 5.41) is 15.4. The van der Waals surface area contributed by atoms with Crippen LogP contribution in [0.1, 0.15) is 79.8 Å². The second-order valence-electron chi connectivity index (χ2n) is 12.4. The molecule has 4 heterocycles. The summed E-state index contributed by atoms with van der Waals surface area (Å²) >= 11 is 0. The Morgan fingerprint density at radius 1 is 0.976 bits per heavy atom. The number of ketones is 2. The lowest BCUT2D eigenvalue weighted by atomic mass is 9.51. The summed E-state index contributed by atoms with van der Waals surface area (Å²) in [7, 11) is 1.60. The zero-order chi connectivity index (χ0) is 28.7. The highest BCUT2D eigenvalue weighted by molar-refractivity contribution is 6.30. The van der Waals surface area contributed by atoms with E-state index < -0.39 is 22.6 Å². The number of aryl methyl sites for hydroxylation is 1. The lowest BCUT2D eigenvalue weighted by Gasteiger charge is -2.46. The second-order valence-corrected chi connectivity index (χ2v) is 12.4. The number of carbonyl (C=O) groups is 2. The Bertz CT molecular complexity index is 2040. The number of phenols is 1. The van der Waals surface area contributed by atoms with E-state index in [4.69, 9.17) is 23.5 Å². The highest BCUT2D eigenvalue weighted by Gasteiger charge is 2.86. The number of aromatic nitrogens is 1. The van der Waals surface area contributed by atoms with Crippen molar-refractivity contribution in [1.29, 1.82) is 0 Å². The lowest BCUT2D eigenvalue weighted by Crippen LogP contribution is -2.56. The summed E-state index contributed by atoms with van der Waals surface area (Å²) in [5.74, 6) is -1.25. The number of hydrogen-bond donors (Lipinski definition) is 1. The van der Waals surface area contributed by atoms with Gasteiger partial charge in [-0.15, -0.1) is 0 Å². The van der Waals surface area contributed by atoms with Crippen LogP contribution in [0.4, 0.5) is 0 Å². The van der Waals surface area contributed by atoms with Gasteiger partial charge in [0.15, 0.2) is 11.5 Å². The average molecular weight is 562 g/mol. The van der Waals surface area contributed by atoms with Crippen molar-refractivity contribution in [2.75, 3.05) is 7.11 Å². The quantitative estimate of drug-likeness (QED) is 0.286. The number of carbonyl (C=O) groups excluding carboxylic acids is 2. The number of ether oxygens (including phenoxy) is 4. The molecular formula is C33H23NO8. The molecule has 0 radical (unpaired) electrons. The van der Waals surface area contributed by atoms with Crippen LogP contribution in [0.5, 0.6) is 17.2 Å². The summed E-state index contributed by atoms with van der Waals surface area (Å²) in [4.78, 5) is 28.1. The molecule has 0 saturated carbocycles. The topological polar surface area (TPSA) is 121 Å². The third kappa shape index (κ3) is 2.06. The normalized spacial score (nSPS) is 33.0. The highest BCUT2D eigenvalue weighted by Crippen LogP contribution is 2.80. The van der Waals surface area contributed by atoms with Crippen LogP contribution in [0.3, 0.4) is 0 Å². The van der Waals surface area contributed by atoms with Gasteiger partial charge >= 0.3 is 0 Å². The molecule has 6 atom stereocenters. The maximum Gasteiger partial charge on any atom is 0.253 e. The van der Waals surface area contributed by atoms with Crippen molar-refractivity contribution in [3.8, 4) is 28.5 Å². The van der Waals surface area contributed by atoms with Gasteiger partial charge in [-0.2, -0.15) is 0 Å². The summed E-state index contributed by atoms with van der Waals surface area (Å²) in [6.07, 6.45) is -0.623. The van der Waals surface area contributed by atoms with Crippen molar-refractivity contribution < 1.29 is 38.2 Å². The molecule has 9 nitrogen and oxygen atoms in total. The Morgan fingerprint density at radius 3 is 2.62 bits per heavy atom. The van der Waals surface area contributed by atoms with E-state index in [0.29, 0.717) is 39.5 Å². The van der Waals surface area contributed by atoms with Crippen LogP contribution in [0.2, 0.25) is 0 Å². The van der Waals surface area contributed by atoms with Crippen LogP contribution in [-0.2, 0) is 20.7 Å². The van der Waals surface area contributed by atoms with Crippen LogP contribution in [0.25, 0.3) is 11.3 Å². The maximum absolute atomic E-state index is 14.3. The first-order valence-electron chi connectivity index (χ1n) is 14.0. The fourth-order valence-electron chi connectivity index (χ4n) is 9.15. The minimum atomic E-state index is -1.43. The molecular weight excluding hydrogens is 538 g/mol. The van der Waals surface area contributed by atoms with Crippen molar-refractivity contribution in [2.45, 2.75) is 49.8 Å². The molecule has 1 aromatic heterocycles. The van der Waals surface area contributed by atoms with E-state index in [-0.39, 0.29) is 57.7 Å². The van der Waals surface area contributed by atoms with Crippen LogP contribution >= 0.6 is 0 Å². The summed E-state index contributed by atoms with van der Waals surface area (Å²) in [6, 6.07) is 12.4. The van der Waals surface area contributed by atoms with Crippen molar-refractivity contribution in [3.05, 3.63) is 92.7 Å². The zero-order valence-corrected chi connectivity index (χ0v) is 23.0. The monoisotopic (exact) mass is 561 g/mol. The predicted octanol–water partition coefficient (Wildman–Crippen LogP) is 4.86. The third-order valence-electron chi connectivity index (χ3n) is 10.5. The first-order chi connectivity index (χ1) is 20.2. The Kier molecular flexibility index (Phi) is 3.64. The molecule has 3 aromatic carbocycles. The van der Waals surface area contributed by atoms with Crippen molar-refractivity contribution >= 4 is 11.6 Å². The zero-order valence-electron chi connectivity index (χ0n) is 23.0. The van der Waals surface area contributed by atoms with Crippen LogP contribution in [-0.4, -0.2) is 40.6 Å². The third-order valence-corrected chi connectivity index (χ3v) is 10.5. The first-order valence-corrected chi connectivity index (χ1v) is 14.0. The Balaban J connectivity index is 1.35. The largest absolute Gasteiger partial charge is 0.507 e. The molecule has 0 bridgehead atoms. The van der Waals surface area contributed by atoms with Crippen molar-refractivity contribution in [2.24, 2.45) is 5.92 Å². The van der Waals surface area contributed by atoms with E-state index in [0.717, 1.165) is 5.56 Å². The van der Waals surface area contributed by atoms with Gasteiger partial charge in [0.2, 0.25) is 5.78 Å². The molecule has 1 N–H and O–H groups in total. The van der Waals surface area contributed by atoms with E-state index >= 15 is 0 Å². The predicted molar refractivity (Wildman–Crippen MR) is 144 cm³/mol. The molecule has 10 rings (SSSR count). The fraction of sp³-hybridized carbons (Fsp3) is 0.303. The molecule has 9 heteroatoms. The molecule has 4 aromatic rings. The highest BCUT2D eigenvalue weighted by atomic mass is 16.7. The van der Waals surface area contributed by atoms with Gasteiger partial charge in [-0.1, -0.05) is 23.4 Å². The lowest BCUT2D eigenvalue weighted by molar-refractivity contribution is -0.187. The second kappa shape index (κ2) is 6.61. The Hall–Kier alpha value is -4.47. The molecule has 208 valence electrons. The standard InChI is InChI=1S/C33H23NO8/c1-12-10-15-20(18(35)11-12)26(37)21-14(25(15)36)8-9-17-27(21)40-33-16-6-5-7-19(38-4)22(16)24-23-28(42-34-24)30-31(3,41-30)29(13(2)39-33)32(17,23)33/h5-11,13,29-30,35H,1-4H3/t13-,29+,30-,31+,32-,33+/m1/s1. The van der Waals surface area contributed by atoms with E-state index in [1.54, 1.807) is 26.2 Å². The minimum Gasteiger partial charge on any atom is -0.507 e. The molecule has 1 spiro atoms. The maximum atomic E-state index is 14.3. The SMILES string of the molecule is COc1cccc2c1-c1noc3c1[C@@]14c5ccc6c(c5O[C@@]21O[C@H](C)[C@H]4[C@]1(C)O[C@H]31)C(=O)c1c(O)cc(C)cc1C6=O. The molecule has 3 aliphatic carbocycles.